The lowest BCUT2D eigenvalue weighted by molar-refractivity contribution is 0.0861. The standard InChI is InChI=1S/C16H25N/c1-11(2)13-8-9-16(4,17-5)15-7-6-12(3)10-14(13)15/h10-11,13-15H,6-9H2,1-4H3/t13?,14-,15-,16+/m0/s1. The maximum Gasteiger partial charge on any atom is 0.233 e. The van der Waals surface area contributed by atoms with Gasteiger partial charge in [0, 0.05) is 19.3 Å². The average molecular weight is 231 g/mol. The van der Waals surface area contributed by atoms with E-state index in [1.54, 1.807) is 5.57 Å². The van der Waals surface area contributed by atoms with Crippen molar-refractivity contribution < 1.29 is 0 Å². The van der Waals surface area contributed by atoms with Gasteiger partial charge < -0.3 is 4.85 Å². The van der Waals surface area contributed by atoms with E-state index in [0.29, 0.717) is 11.8 Å². The molecule has 1 fully saturated rings. The first kappa shape index (κ1) is 12.7. The minimum Gasteiger partial charge on any atom is -0.310 e. The predicted molar refractivity (Wildman–Crippen MR) is 72.5 cm³/mol. The third-order valence-corrected chi connectivity index (χ3v) is 5.18. The molecular weight excluding hydrogens is 206 g/mol. The molecule has 0 heterocycles. The van der Waals surface area contributed by atoms with Gasteiger partial charge in [-0.3, -0.25) is 0 Å². The Morgan fingerprint density at radius 3 is 2.71 bits per heavy atom. The molecule has 2 rings (SSSR count). The van der Waals surface area contributed by atoms with E-state index >= 15 is 0 Å². The summed E-state index contributed by atoms with van der Waals surface area (Å²) in [6.07, 6.45) is 7.28. The van der Waals surface area contributed by atoms with Crippen molar-refractivity contribution in [2.45, 2.75) is 58.9 Å². The molecule has 0 radical (unpaired) electrons. The van der Waals surface area contributed by atoms with Crippen molar-refractivity contribution >= 4 is 0 Å². The molecule has 94 valence electrons. The topological polar surface area (TPSA) is 4.36 Å². The highest BCUT2D eigenvalue weighted by molar-refractivity contribution is 5.17. The summed E-state index contributed by atoms with van der Waals surface area (Å²) in [5.74, 6) is 2.81. The van der Waals surface area contributed by atoms with E-state index in [9.17, 15) is 0 Å². The predicted octanol–water partition coefficient (Wildman–Crippen LogP) is 4.70. The lowest BCUT2D eigenvalue weighted by Gasteiger charge is -2.45. The first-order valence-corrected chi connectivity index (χ1v) is 7.04. The van der Waals surface area contributed by atoms with E-state index in [-0.39, 0.29) is 5.54 Å². The first-order valence-electron chi connectivity index (χ1n) is 7.04. The molecule has 0 aliphatic heterocycles. The number of nitrogens with zero attached hydrogens (tertiary/aromatic N) is 1. The number of fused-ring (bicyclic) bond motifs is 1. The van der Waals surface area contributed by atoms with Crippen LogP contribution in [0.1, 0.15) is 53.4 Å². The van der Waals surface area contributed by atoms with Gasteiger partial charge in [-0.15, -0.1) is 0 Å². The number of allylic oxidation sites excluding steroid dienone is 2. The Hall–Kier alpha value is -0.770. The SMILES string of the molecule is [C-]#[N+][C@]1(C)CCC(C(C)C)[C@@H]2C=C(C)CC[C@@H]21. The molecule has 0 amide bonds. The molecule has 0 saturated heterocycles. The Balaban J connectivity index is 2.33. The van der Waals surface area contributed by atoms with Crippen LogP contribution in [0.2, 0.25) is 0 Å². The van der Waals surface area contributed by atoms with E-state index in [1.165, 1.54) is 19.3 Å². The zero-order chi connectivity index (χ0) is 12.6. The van der Waals surface area contributed by atoms with Crippen molar-refractivity contribution in [3.63, 3.8) is 0 Å². The number of hydrogen-bond acceptors (Lipinski definition) is 0. The van der Waals surface area contributed by atoms with Crippen molar-refractivity contribution in [2.75, 3.05) is 0 Å². The van der Waals surface area contributed by atoms with E-state index in [2.05, 4.69) is 38.6 Å². The lowest BCUT2D eigenvalue weighted by atomic mass is 9.57. The van der Waals surface area contributed by atoms with Crippen LogP contribution in [-0.4, -0.2) is 5.54 Å². The molecule has 0 N–H and O–H groups in total. The second-order valence-corrected chi connectivity index (χ2v) is 6.65. The maximum absolute atomic E-state index is 7.54. The van der Waals surface area contributed by atoms with Gasteiger partial charge in [0.05, 0.1) is 0 Å². The second-order valence-electron chi connectivity index (χ2n) is 6.65. The van der Waals surface area contributed by atoms with Crippen LogP contribution in [0.15, 0.2) is 11.6 Å². The molecular formula is C16H25N. The van der Waals surface area contributed by atoms with Crippen LogP contribution < -0.4 is 0 Å². The zero-order valence-corrected chi connectivity index (χ0v) is 11.7. The van der Waals surface area contributed by atoms with Crippen molar-refractivity contribution in [3.8, 4) is 0 Å². The van der Waals surface area contributed by atoms with Crippen LogP contribution in [0.4, 0.5) is 0 Å². The molecule has 1 heteroatoms. The van der Waals surface area contributed by atoms with Crippen LogP contribution in [0.5, 0.6) is 0 Å². The zero-order valence-electron chi connectivity index (χ0n) is 11.7. The summed E-state index contributed by atoms with van der Waals surface area (Å²) in [7, 11) is 0. The highest BCUT2D eigenvalue weighted by Gasteiger charge is 2.51. The molecule has 0 aromatic rings. The molecule has 17 heavy (non-hydrogen) atoms. The van der Waals surface area contributed by atoms with Gasteiger partial charge in [-0.05, 0) is 43.9 Å². The van der Waals surface area contributed by atoms with Gasteiger partial charge in [0.25, 0.3) is 0 Å². The smallest absolute Gasteiger partial charge is 0.233 e. The minimum absolute atomic E-state index is 0.0900. The van der Waals surface area contributed by atoms with Crippen LogP contribution in [0.3, 0.4) is 0 Å². The molecule has 0 bridgehead atoms. The molecule has 1 saturated carbocycles. The summed E-state index contributed by atoms with van der Waals surface area (Å²) in [6.45, 7) is 16.7. The van der Waals surface area contributed by atoms with Crippen molar-refractivity contribution in [3.05, 3.63) is 23.1 Å². The fraction of sp³-hybridized carbons (Fsp3) is 0.812. The van der Waals surface area contributed by atoms with Crippen LogP contribution in [-0.2, 0) is 0 Å². The summed E-state index contributed by atoms with van der Waals surface area (Å²) in [5.41, 5.74) is 1.46. The fourth-order valence-corrected chi connectivity index (χ4v) is 4.00. The Morgan fingerprint density at radius 2 is 2.12 bits per heavy atom. The monoisotopic (exact) mass is 231 g/mol. The second kappa shape index (κ2) is 4.48. The molecule has 4 atom stereocenters. The van der Waals surface area contributed by atoms with E-state index < -0.39 is 0 Å². The van der Waals surface area contributed by atoms with E-state index in [0.717, 1.165) is 18.3 Å². The fourth-order valence-electron chi connectivity index (χ4n) is 4.00. The quantitative estimate of drug-likeness (QED) is 0.455. The molecule has 1 unspecified atom stereocenters. The maximum atomic E-state index is 7.54. The van der Waals surface area contributed by atoms with Gasteiger partial charge in [-0.2, -0.15) is 0 Å². The molecule has 0 aromatic heterocycles. The van der Waals surface area contributed by atoms with Gasteiger partial charge >= 0.3 is 0 Å². The third-order valence-electron chi connectivity index (χ3n) is 5.18. The van der Waals surface area contributed by atoms with E-state index in [1.807, 2.05) is 0 Å². The van der Waals surface area contributed by atoms with Gasteiger partial charge in [0.2, 0.25) is 5.54 Å². The highest BCUT2D eigenvalue weighted by Crippen LogP contribution is 2.51. The molecule has 2 aliphatic rings. The minimum atomic E-state index is -0.0900. The molecule has 2 aliphatic carbocycles. The summed E-state index contributed by atoms with van der Waals surface area (Å²) in [6, 6.07) is 0. The first-order chi connectivity index (χ1) is 7.98. The molecule has 1 nitrogen and oxygen atoms in total. The van der Waals surface area contributed by atoms with Gasteiger partial charge in [-0.25, -0.2) is 6.57 Å². The highest BCUT2D eigenvalue weighted by atomic mass is 14.8. The average Bonchev–Trinajstić information content (AvgIpc) is 2.28. The van der Waals surface area contributed by atoms with Gasteiger partial charge in [0.1, 0.15) is 0 Å². The molecule has 0 spiro atoms. The van der Waals surface area contributed by atoms with Gasteiger partial charge in [-0.1, -0.05) is 25.5 Å². The largest absolute Gasteiger partial charge is 0.310 e. The van der Waals surface area contributed by atoms with E-state index in [4.69, 9.17) is 6.57 Å². The number of rotatable bonds is 1. The van der Waals surface area contributed by atoms with Crippen molar-refractivity contribution in [2.24, 2.45) is 23.7 Å². The summed E-state index contributed by atoms with van der Waals surface area (Å²) in [5, 5.41) is 0. The number of hydrogen-bond donors (Lipinski definition) is 0. The Kier molecular flexibility index (Phi) is 3.34. The normalized spacial score (nSPS) is 41.6. The summed E-state index contributed by atoms with van der Waals surface area (Å²) < 4.78 is 0. The third kappa shape index (κ3) is 2.15. The Labute approximate surface area is 106 Å². The summed E-state index contributed by atoms with van der Waals surface area (Å²) in [4.78, 5) is 4.00. The van der Waals surface area contributed by atoms with Crippen LogP contribution in [0.25, 0.3) is 4.85 Å². The lowest BCUT2D eigenvalue weighted by Crippen LogP contribution is -2.46. The van der Waals surface area contributed by atoms with Crippen LogP contribution in [0, 0.1) is 30.2 Å². The Morgan fingerprint density at radius 1 is 1.41 bits per heavy atom. The van der Waals surface area contributed by atoms with Gasteiger partial charge in [0.15, 0.2) is 0 Å². The molecule has 0 aromatic carbocycles. The van der Waals surface area contributed by atoms with Crippen LogP contribution >= 0.6 is 0 Å². The van der Waals surface area contributed by atoms with Crippen molar-refractivity contribution in [1.82, 2.24) is 0 Å². The van der Waals surface area contributed by atoms with Crippen molar-refractivity contribution in [1.29, 1.82) is 0 Å². The summed E-state index contributed by atoms with van der Waals surface area (Å²) >= 11 is 0. The Bertz CT molecular complexity index is 360.